The highest BCUT2D eigenvalue weighted by atomic mass is 16.5. The van der Waals surface area contributed by atoms with Gasteiger partial charge in [-0.25, -0.2) is 0 Å². The number of amides is 1. The summed E-state index contributed by atoms with van der Waals surface area (Å²) in [5, 5.41) is 11.6. The quantitative estimate of drug-likeness (QED) is 0.600. The van der Waals surface area contributed by atoms with Gasteiger partial charge in [0.25, 0.3) is 0 Å². The topological polar surface area (TPSA) is 58.6 Å². The molecular formula is C8H15NO3. The van der Waals surface area contributed by atoms with Crippen LogP contribution in [0.3, 0.4) is 0 Å². The number of aliphatic hydroxyl groups excluding tert-OH is 1. The van der Waals surface area contributed by atoms with Gasteiger partial charge in [-0.1, -0.05) is 0 Å². The summed E-state index contributed by atoms with van der Waals surface area (Å²) in [6.45, 7) is 2.80. The largest absolute Gasteiger partial charge is 0.384 e. The molecule has 0 radical (unpaired) electrons. The molecule has 0 saturated carbocycles. The standard InChI is InChI=1S/C8H15NO3/c1-6(10)8(11)9-7-3-2-4-12-5-7/h6-7,10H,2-5H2,1H3,(H,9,11)/t6-,7-/m1/s1. The highest BCUT2D eigenvalue weighted by Crippen LogP contribution is 2.05. The smallest absolute Gasteiger partial charge is 0.248 e. The zero-order chi connectivity index (χ0) is 8.97. The average molecular weight is 173 g/mol. The van der Waals surface area contributed by atoms with Crippen molar-refractivity contribution in [1.29, 1.82) is 0 Å². The number of ether oxygens (including phenoxy) is 1. The fourth-order valence-electron chi connectivity index (χ4n) is 1.18. The van der Waals surface area contributed by atoms with E-state index < -0.39 is 6.10 Å². The molecule has 2 atom stereocenters. The molecule has 1 fully saturated rings. The first kappa shape index (κ1) is 9.48. The Morgan fingerprint density at radius 1 is 1.75 bits per heavy atom. The molecule has 4 nitrogen and oxygen atoms in total. The summed E-state index contributed by atoms with van der Waals surface area (Å²) in [6, 6.07) is 0.0841. The van der Waals surface area contributed by atoms with Gasteiger partial charge in [0.1, 0.15) is 6.10 Å². The molecule has 1 aliphatic rings. The number of carbonyl (C=O) groups excluding carboxylic acids is 1. The van der Waals surface area contributed by atoms with Gasteiger partial charge in [0.2, 0.25) is 5.91 Å². The van der Waals surface area contributed by atoms with Crippen molar-refractivity contribution < 1.29 is 14.6 Å². The Balaban J connectivity index is 2.24. The van der Waals surface area contributed by atoms with Gasteiger partial charge in [0, 0.05) is 6.61 Å². The van der Waals surface area contributed by atoms with Crippen LogP contribution in [-0.2, 0) is 9.53 Å². The van der Waals surface area contributed by atoms with E-state index in [1.165, 1.54) is 6.92 Å². The van der Waals surface area contributed by atoms with Gasteiger partial charge in [0.05, 0.1) is 12.6 Å². The van der Waals surface area contributed by atoms with E-state index in [0.29, 0.717) is 6.61 Å². The number of hydrogen-bond acceptors (Lipinski definition) is 3. The second-order valence-electron chi connectivity index (χ2n) is 3.10. The van der Waals surface area contributed by atoms with E-state index in [1.54, 1.807) is 0 Å². The van der Waals surface area contributed by atoms with Crippen molar-refractivity contribution in [1.82, 2.24) is 5.32 Å². The molecule has 0 aromatic heterocycles. The zero-order valence-corrected chi connectivity index (χ0v) is 7.25. The maximum Gasteiger partial charge on any atom is 0.248 e. The van der Waals surface area contributed by atoms with Gasteiger partial charge in [-0.3, -0.25) is 4.79 Å². The number of hydrogen-bond donors (Lipinski definition) is 2. The maximum atomic E-state index is 11.0. The Labute approximate surface area is 71.9 Å². The van der Waals surface area contributed by atoms with Crippen LogP contribution in [0.25, 0.3) is 0 Å². The van der Waals surface area contributed by atoms with Crippen LogP contribution < -0.4 is 5.32 Å². The summed E-state index contributed by atoms with van der Waals surface area (Å²) in [5.74, 6) is -0.314. The van der Waals surface area contributed by atoms with E-state index in [4.69, 9.17) is 9.84 Å². The first-order valence-electron chi connectivity index (χ1n) is 4.26. The second-order valence-corrected chi connectivity index (χ2v) is 3.10. The minimum atomic E-state index is -0.924. The zero-order valence-electron chi connectivity index (χ0n) is 7.25. The van der Waals surface area contributed by atoms with Gasteiger partial charge < -0.3 is 15.2 Å². The normalized spacial score (nSPS) is 26.3. The molecule has 1 amide bonds. The van der Waals surface area contributed by atoms with E-state index in [-0.39, 0.29) is 11.9 Å². The van der Waals surface area contributed by atoms with Gasteiger partial charge in [-0.2, -0.15) is 0 Å². The summed E-state index contributed by atoms with van der Waals surface area (Å²) in [7, 11) is 0. The summed E-state index contributed by atoms with van der Waals surface area (Å²) < 4.78 is 5.17. The minimum absolute atomic E-state index is 0.0841. The molecule has 1 saturated heterocycles. The van der Waals surface area contributed by atoms with E-state index in [9.17, 15) is 4.79 Å². The molecule has 70 valence electrons. The monoisotopic (exact) mass is 173 g/mol. The van der Waals surface area contributed by atoms with Crippen LogP contribution in [0.4, 0.5) is 0 Å². The molecule has 2 N–H and O–H groups in total. The molecule has 0 aromatic rings. The van der Waals surface area contributed by atoms with Gasteiger partial charge in [-0.05, 0) is 19.8 Å². The highest BCUT2D eigenvalue weighted by molar-refractivity contribution is 5.80. The van der Waals surface area contributed by atoms with Gasteiger partial charge in [-0.15, -0.1) is 0 Å². The van der Waals surface area contributed by atoms with Crippen LogP contribution in [-0.4, -0.2) is 36.4 Å². The number of rotatable bonds is 2. The summed E-state index contributed by atoms with van der Waals surface area (Å²) in [4.78, 5) is 11.0. The molecule has 1 aliphatic heterocycles. The highest BCUT2D eigenvalue weighted by Gasteiger charge is 2.17. The fourth-order valence-corrected chi connectivity index (χ4v) is 1.18. The lowest BCUT2D eigenvalue weighted by molar-refractivity contribution is -0.130. The molecule has 1 rings (SSSR count). The lowest BCUT2D eigenvalue weighted by Crippen LogP contribution is -2.44. The van der Waals surface area contributed by atoms with Crippen molar-refractivity contribution in [3.8, 4) is 0 Å². The van der Waals surface area contributed by atoms with Crippen molar-refractivity contribution in [2.45, 2.75) is 31.9 Å². The molecule has 0 spiro atoms. The van der Waals surface area contributed by atoms with Crippen LogP contribution in [0.5, 0.6) is 0 Å². The van der Waals surface area contributed by atoms with E-state index in [1.807, 2.05) is 0 Å². The molecular weight excluding hydrogens is 158 g/mol. The van der Waals surface area contributed by atoms with Crippen molar-refractivity contribution in [2.75, 3.05) is 13.2 Å². The van der Waals surface area contributed by atoms with E-state index in [2.05, 4.69) is 5.32 Å². The van der Waals surface area contributed by atoms with Crippen LogP contribution in [0.2, 0.25) is 0 Å². The Bertz CT molecular complexity index is 152. The third kappa shape index (κ3) is 2.79. The molecule has 0 bridgehead atoms. The molecule has 12 heavy (non-hydrogen) atoms. The molecule has 0 aromatic carbocycles. The lowest BCUT2D eigenvalue weighted by Gasteiger charge is -2.23. The van der Waals surface area contributed by atoms with E-state index >= 15 is 0 Å². The van der Waals surface area contributed by atoms with Gasteiger partial charge in [0.15, 0.2) is 0 Å². The molecule has 0 unspecified atom stereocenters. The van der Waals surface area contributed by atoms with Gasteiger partial charge >= 0.3 is 0 Å². The Morgan fingerprint density at radius 2 is 2.50 bits per heavy atom. The Hall–Kier alpha value is -0.610. The van der Waals surface area contributed by atoms with Crippen molar-refractivity contribution >= 4 is 5.91 Å². The molecule has 4 heteroatoms. The predicted octanol–water partition coefficient (Wildman–Crippen LogP) is -0.338. The van der Waals surface area contributed by atoms with Crippen molar-refractivity contribution in [3.05, 3.63) is 0 Å². The average Bonchev–Trinajstić information content (AvgIpc) is 2.06. The Morgan fingerprint density at radius 3 is 3.00 bits per heavy atom. The van der Waals surface area contributed by atoms with Crippen molar-refractivity contribution in [3.63, 3.8) is 0 Å². The maximum absolute atomic E-state index is 11.0. The second kappa shape index (κ2) is 4.42. The molecule has 1 heterocycles. The fraction of sp³-hybridized carbons (Fsp3) is 0.875. The van der Waals surface area contributed by atoms with Crippen LogP contribution >= 0.6 is 0 Å². The van der Waals surface area contributed by atoms with E-state index in [0.717, 1.165) is 19.4 Å². The van der Waals surface area contributed by atoms with Crippen LogP contribution in [0.1, 0.15) is 19.8 Å². The lowest BCUT2D eigenvalue weighted by atomic mass is 10.1. The first-order chi connectivity index (χ1) is 5.70. The Kier molecular flexibility index (Phi) is 3.49. The SMILES string of the molecule is C[C@@H](O)C(=O)N[C@@H]1CCCOC1. The van der Waals surface area contributed by atoms with Crippen LogP contribution in [0.15, 0.2) is 0 Å². The van der Waals surface area contributed by atoms with Crippen LogP contribution in [0, 0.1) is 0 Å². The predicted molar refractivity (Wildman–Crippen MR) is 43.7 cm³/mol. The number of nitrogens with one attached hydrogen (secondary N) is 1. The summed E-state index contributed by atoms with van der Waals surface area (Å²) >= 11 is 0. The molecule has 0 aliphatic carbocycles. The minimum Gasteiger partial charge on any atom is -0.384 e. The first-order valence-corrected chi connectivity index (χ1v) is 4.26. The number of aliphatic hydroxyl groups is 1. The van der Waals surface area contributed by atoms with Crippen molar-refractivity contribution in [2.24, 2.45) is 0 Å². The summed E-state index contributed by atoms with van der Waals surface area (Å²) in [5.41, 5.74) is 0. The number of carbonyl (C=O) groups is 1. The third-order valence-corrected chi connectivity index (χ3v) is 1.89. The third-order valence-electron chi connectivity index (χ3n) is 1.89. The summed E-state index contributed by atoms with van der Waals surface area (Å²) in [6.07, 6.45) is 0.996.